The minimum atomic E-state index is -4.47. The number of hydrogen-bond acceptors (Lipinski definition) is 7. The van der Waals surface area contributed by atoms with Gasteiger partial charge in [0.05, 0.1) is 36.5 Å². The fraction of sp³-hybridized carbons (Fsp3) is 0.296. The monoisotopic (exact) mass is 538 g/mol. The highest BCUT2D eigenvalue weighted by Crippen LogP contribution is 2.31. The van der Waals surface area contributed by atoms with Gasteiger partial charge < -0.3 is 10.1 Å². The van der Waals surface area contributed by atoms with Crippen molar-refractivity contribution in [3.05, 3.63) is 89.4 Å². The van der Waals surface area contributed by atoms with Gasteiger partial charge in [0.1, 0.15) is 0 Å². The second-order valence-corrected chi connectivity index (χ2v) is 9.31. The molecule has 0 unspecified atom stereocenters. The molecular formula is C27H25F3N6O3. The maximum absolute atomic E-state index is 13.4. The lowest BCUT2D eigenvalue weighted by atomic mass is 10.1. The Labute approximate surface area is 221 Å². The van der Waals surface area contributed by atoms with Gasteiger partial charge in [-0.25, -0.2) is 9.48 Å². The summed E-state index contributed by atoms with van der Waals surface area (Å²) < 4.78 is 45.6. The van der Waals surface area contributed by atoms with Crippen molar-refractivity contribution < 1.29 is 27.5 Å². The zero-order valence-electron chi connectivity index (χ0n) is 20.9. The molecule has 0 radical (unpaired) electrons. The second-order valence-electron chi connectivity index (χ2n) is 9.31. The summed E-state index contributed by atoms with van der Waals surface area (Å²) in [6, 6.07) is 13.6. The van der Waals surface area contributed by atoms with Crippen LogP contribution in [0.5, 0.6) is 0 Å². The summed E-state index contributed by atoms with van der Waals surface area (Å²) >= 11 is 0. The van der Waals surface area contributed by atoms with Crippen molar-refractivity contribution in [2.75, 3.05) is 13.7 Å². The molecule has 1 fully saturated rings. The van der Waals surface area contributed by atoms with Gasteiger partial charge in [-0.2, -0.15) is 13.2 Å². The number of nitrogens with one attached hydrogen (secondary N) is 1. The first kappa shape index (κ1) is 26.3. The van der Waals surface area contributed by atoms with Crippen molar-refractivity contribution in [2.45, 2.75) is 37.8 Å². The van der Waals surface area contributed by atoms with Crippen LogP contribution in [0, 0.1) is 0 Å². The maximum Gasteiger partial charge on any atom is 0.416 e. The van der Waals surface area contributed by atoms with Crippen LogP contribution in [-0.2, 0) is 28.8 Å². The molecule has 0 spiro atoms. The van der Waals surface area contributed by atoms with Crippen LogP contribution in [0.3, 0.4) is 0 Å². The van der Waals surface area contributed by atoms with Gasteiger partial charge in [-0.1, -0.05) is 35.5 Å². The van der Waals surface area contributed by atoms with Crippen molar-refractivity contribution in [1.29, 1.82) is 0 Å². The lowest BCUT2D eigenvalue weighted by Gasteiger charge is -2.24. The second kappa shape index (κ2) is 10.8. The Morgan fingerprint density at radius 3 is 2.74 bits per heavy atom. The fourth-order valence-electron chi connectivity index (χ4n) is 4.85. The molecule has 39 heavy (non-hydrogen) atoms. The Morgan fingerprint density at radius 1 is 1.13 bits per heavy atom. The molecule has 0 bridgehead atoms. The Morgan fingerprint density at radius 2 is 1.95 bits per heavy atom. The highest BCUT2D eigenvalue weighted by atomic mass is 19.4. The van der Waals surface area contributed by atoms with Crippen LogP contribution < -0.4 is 5.32 Å². The van der Waals surface area contributed by atoms with Gasteiger partial charge in [-0.3, -0.25) is 14.7 Å². The van der Waals surface area contributed by atoms with E-state index in [0.717, 1.165) is 28.6 Å². The topological polar surface area (TPSA) is 102 Å². The van der Waals surface area contributed by atoms with Crippen LogP contribution >= 0.6 is 0 Å². The number of para-hydroxylation sites is 1. The average Bonchev–Trinajstić information content (AvgIpc) is 3.59. The van der Waals surface area contributed by atoms with Gasteiger partial charge in [0.25, 0.3) is 0 Å². The number of carbonyl (C=O) groups excluding carboxylic acids is 2. The number of fused-ring (bicyclic) bond motifs is 1. The zero-order valence-corrected chi connectivity index (χ0v) is 20.9. The molecule has 2 aromatic carbocycles. The molecular weight excluding hydrogens is 513 g/mol. The molecule has 1 aliphatic rings. The number of halogens is 3. The average molecular weight is 539 g/mol. The number of benzene rings is 2. The molecule has 5 rings (SSSR count). The largest absolute Gasteiger partial charge is 0.464 e. The van der Waals surface area contributed by atoms with Gasteiger partial charge in [0.2, 0.25) is 5.91 Å². The van der Waals surface area contributed by atoms with Gasteiger partial charge in [-0.05, 0) is 41.8 Å². The van der Waals surface area contributed by atoms with E-state index >= 15 is 0 Å². The molecule has 0 aliphatic carbocycles. The number of aromatic nitrogens is 4. The van der Waals surface area contributed by atoms with Gasteiger partial charge in [0.15, 0.2) is 5.69 Å². The summed E-state index contributed by atoms with van der Waals surface area (Å²) in [5.74, 6) is -0.934. The predicted molar refractivity (Wildman–Crippen MR) is 134 cm³/mol. The van der Waals surface area contributed by atoms with Crippen LogP contribution in [0.4, 0.5) is 13.2 Å². The smallest absolute Gasteiger partial charge is 0.416 e. The zero-order chi connectivity index (χ0) is 27.6. The summed E-state index contributed by atoms with van der Waals surface area (Å²) in [6.07, 6.45) is -0.904. The number of hydrogen-bond donors (Lipinski definition) is 1. The maximum atomic E-state index is 13.4. The number of rotatable bonds is 7. The molecule has 1 amide bonds. The first-order chi connectivity index (χ1) is 18.7. The van der Waals surface area contributed by atoms with Crippen molar-refractivity contribution in [3.63, 3.8) is 0 Å². The van der Waals surface area contributed by atoms with E-state index in [1.165, 1.54) is 25.4 Å². The first-order valence-electron chi connectivity index (χ1n) is 12.2. The molecule has 1 saturated heterocycles. The van der Waals surface area contributed by atoms with Crippen LogP contribution in [0.25, 0.3) is 10.9 Å². The molecule has 1 N–H and O–H groups in total. The van der Waals surface area contributed by atoms with E-state index < -0.39 is 23.8 Å². The SMILES string of the molecule is COC(=O)c1cn([C@@H]2C[C@@H](C(=O)NCc3cccc(C(F)(F)F)c3)N(Cc3ccnc4ccccc34)C2)nn1. The summed E-state index contributed by atoms with van der Waals surface area (Å²) in [4.78, 5) is 31.7. The number of carbonyl (C=O) groups is 2. The van der Waals surface area contributed by atoms with Crippen molar-refractivity contribution in [3.8, 4) is 0 Å². The van der Waals surface area contributed by atoms with Crippen LogP contribution in [-0.4, -0.2) is 56.5 Å². The number of amides is 1. The van der Waals surface area contributed by atoms with E-state index in [-0.39, 0.29) is 24.2 Å². The fourth-order valence-corrected chi connectivity index (χ4v) is 4.85. The van der Waals surface area contributed by atoms with Crippen LogP contribution in [0.2, 0.25) is 0 Å². The first-order valence-corrected chi connectivity index (χ1v) is 12.2. The molecule has 1 aliphatic heterocycles. The summed E-state index contributed by atoms with van der Waals surface area (Å²) in [5, 5.41) is 11.7. The molecule has 9 nitrogen and oxygen atoms in total. The summed E-state index contributed by atoms with van der Waals surface area (Å²) in [7, 11) is 1.25. The van der Waals surface area contributed by atoms with Crippen LogP contribution in [0.15, 0.2) is 67.0 Å². The van der Waals surface area contributed by atoms with E-state index in [9.17, 15) is 22.8 Å². The lowest BCUT2D eigenvalue weighted by Crippen LogP contribution is -2.42. The summed E-state index contributed by atoms with van der Waals surface area (Å²) in [6.45, 7) is 0.813. The number of alkyl halides is 3. The molecule has 0 saturated carbocycles. The third kappa shape index (κ3) is 5.75. The Bertz CT molecular complexity index is 1500. The van der Waals surface area contributed by atoms with Gasteiger partial charge in [0, 0.05) is 31.2 Å². The van der Waals surface area contributed by atoms with E-state index in [2.05, 4.69) is 20.6 Å². The molecule has 4 aromatic rings. The van der Waals surface area contributed by atoms with Gasteiger partial charge >= 0.3 is 12.1 Å². The third-order valence-corrected chi connectivity index (χ3v) is 6.80. The van der Waals surface area contributed by atoms with Crippen LogP contribution in [0.1, 0.15) is 39.6 Å². The Hall–Kier alpha value is -4.32. The van der Waals surface area contributed by atoms with E-state index in [1.54, 1.807) is 10.9 Å². The molecule has 202 valence electrons. The third-order valence-electron chi connectivity index (χ3n) is 6.80. The predicted octanol–water partition coefficient (Wildman–Crippen LogP) is 3.76. The number of pyridine rings is 1. The number of esters is 1. The van der Waals surface area contributed by atoms with E-state index in [1.807, 2.05) is 35.2 Å². The minimum Gasteiger partial charge on any atom is -0.464 e. The van der Waals surface area contributed by atoms with E-state index in [0.29, 0.717) is 25.1 Å². The number of likely N-dealkylation sites (tertiary alicyclic amines) is 1. The molecule has 2 aromatic heterocycles. The minimum absolute atomic E-state index is 0.0498. The van der Waals surface area contributed by atoms with Crippen molar-refractivity contribution in [2.24, 2.45) is 0 Å². The van der Waals surface area contributed by atoms with E-state index in [4.69, 9.17) is 4.74 Å². The molecule has 3 heterocycles. The highest BCUT2D eigenvalue weighted by molar-refractivity contribution is 5.86. The van der Waals surface area contributed by atoms with Crippen molar-refractivity contribution >= 4 is 22.8 Å². The highest BCUT2D eigenvalue weighted by Gasteiger charge is 2.38. The number of methoxy groups -OCH3 is 1. The summed E-state index contributed by atoms with van der Waals surface area (Å²) in [5.41, 5.74) is 1.44. The quantitative estimate of drug-likeness (QED) is 0.358. The van der Waals surface area contributed by atoms with Crippen molar-refractivity contribution in [1.82, 2.24) is 30.2 Å². The molecule has 2 atom stereocenters. The number of ether oxygens (including phenoxy) is 1. The normalized spacial score (nSPS) is 17.8. The molecule has 12 heteroatoms. The standard InChI is InChI=1S/C27H25F3N6O3/c1-39-26(38)23-16-36(34-33-23)20-12-24(25(37)32-13-17-5-4-6-19(11-17)27(28,29)30)35(15-20)14-18-9-10-31-22-8-3-2-7-21(18)22/h2-11,16,20,24H,12-15H2,1H3,(H,32,37)/t20-,24+/m1/s1. The Kier molecular flexibility index (Phi) is 7.29. The Balaban J connectivity index is 1.37. The lowest BCUT2D eigenvalue weighted by molar-refractivity contribution is -0.137. The number of nitrogens with zero attached hydrogens (tertiary/aromatic N) is 5. The van der Waals surface area contributed by atoms with Gasteiger partial charge in [-0.15, -0.1) is 5.10 Å².